The lowest BCUT2D eigenvalue weighted by atomic mass is 10.1. The largest absolute Gasteiger partial charge is 0.360 e. The van der Waals surface area contributed by atoms with Gasteiger partial charge in [-0.3, -0.25) is 9.59 Å². The number of amides is 2. The average molecular weight is 426 g/mol. The maximum absolute atomic E-state index is 12.9. The normalized spacial score (nSPS) is 11.7. The quantitative estimate of drug-likeness (QED) is 0.571. The van der Waals surface area contributed by atoms with Crippen molar-refractivity contribution < 1.29 is 14.1 Å². The van der Waals surface area contributed by atoms with Crippen LogP contribution in [0.15, 0.2) is 53.1 Å². The smallest absolute Gasteiger partial charge is 0.257 e. The Balaban J connectivity index is 1.75. The molecule has 0 aliphatic carbocycles. The van der Waals surface area contributed by atoms with Crippen LogP contribution in [0, 0.1) is 6.92 Å². The van der Waals surface area contributed by atoms with Crippen molar-refractivity contribution in [1.29, 1.82) is 0 Å². The molecule has 0 saturated heterocycles. The van der Waals surface area contributed by atoms with Crippen molar-refractivity contribution in [2.75, 3.05) is 0 Å². The first-order valence-electron chi connectivity index (χ1n) is 9.79. The second-order valence-corrected chi connectivity index (χ2v) is 7.52. The van der Waals surface area contributed by atoms with Crippen molar-refractivity contribution in [3.63, 3.8) is 0 Å². The lowest BCUT2D eigenvalue weighted by molar-refractivity contribution is 0.0936. The summed E-state index contributed by atoms with van der Waals surface area (Å²) in [5.41, 5.74) is 2.74. The van der Waals surface area contributed by atoms with Crippen molar-refractivity contribution in [2.24, 2.45) is 0 Å². The molecule has 1 heterocycles. The molecule has 0 aliphatic heterocycles. The maximum Gasteiger partial charge on any atom is 0.257 e. The molecule has 7 heteroatoms. The van der Waals surface area contributed by atoms with Crippen molar-refractivity contribution >= 4 is 23.4 Å². The van der Waals surface area contributed by atoms with Gasteiger partial charge in [-0.15, -0.1) is 0 Å². The predicted octanol–water partition coefficient (Wildman–Crippen LogP) is 4.76. The summed E-state index contributed by atoms with van der Waals surface area (Å²) in [4.78, 5) is 25.2. The molecule has 0 bridgehead atoms. The number of halogens is 1. The molecular formula is C23H24ClN3O3. The molecule has 0 aliphatic rings. The SMILES string of the molecule is CCC(C)NC(=O)c1cccc(CNC(=O)c2c(-c3ccccc3Cl)noc2C)c1. The summed E-state index contributed by atoms with van der Waals surface area (Å²) in [6.45, 7) is 5.91. The molecular weight excluding hydrogens is 402 g/mol. The summed E-state index contributed by atoms with van der Waals surface area (Å²) in [6, 6.07) is 14.4. The molecule has 30 heavy (non-hydrogen) atoms. The van der Waals surface area contributed by atoms with Gasteiger partial charge in [0.25, 0.3) is 11.8 Å². The van der Waals surface area contributed by atoms with Crippen LogP contribution in [0.5, 0.6) is 0 Å². The molecule has 1 unspecified atom stereocenters. The number of carbonyl (C=O) groups is 2. The van der Waals surface area contributed by atoms with E-state index in [2.05, 4.69) is 15.8 Å². The number of aromatic nitrogens is 1. The zero-order chi connectivity index (χ0) is 21.7. The van der Waals surface area contributed by atoms with Crippen LogP contribution in [0.1, 0.15) is 52.3 Å². The predicted molar refractivity (Wildman–Crippen MR) is 117 cm³/mol. The number of nitrogens with zero attached hydrogens (tertiary/aromatic N) is 1. The van der Waals surface area contributed by atoms with Crippen LogP contribution in [0.25, 0.3) is 11.3 Å². The van der Waals surface area contributed by atoms with Crippen molar-refractivity contribution in [3.8, 4) is 11.3 Å². The molecule has 6 nitrogen and oxygen atoms in total. The van der Waals surface area contributed by atoms with Gasteiger partial charge in [0.05, 0.1) is 5.02 Å². The van der Waals surface area contributed by atoms with Gasteiger partial charge >= 0.3 is 0 Å². The molecule has 0 fully saturated rings. The van der Waals surface area contributed by atoms with Gasteiger partial charge in [0, 0.05) is 23.7 Å². The van der Waals surface area contributed by atoms with E-state index in [-0.39, 0.29) is 24.4 Å². The number of hydrogen-bond acceptors (Lipinski definition) is 4. The van der Waals surface area contributed by atoms with E-state index in [1.54, 1.807) is 37.3 Å². The minimum atomic E-state index is -0.321. The fourth-order valence-corrected chi connectivity index (χ4v) is 3.20. The topological polar surface area (TPSA) is 84.2 Å². The molecule has 2 aromatic carbocycles. The van der Waals surface area contributed by atoms with E-state index in [1.165, 1.54) is 0 Å². The molecule has 2 N–H and O–H groups in total. The molecule has 0 radical (unpaired) electrons. The highest BCUT2D eigenvalue weighted by atomic mass is 35.5. The highest BCUT2D eigenvalue weighted by molar-refractivity contribution is 6.33. The van der Waals surface area contributed by atoms with E-state index in [4.69, 9.17) is 16.1 Å². The molecule has 156 valence electrons. The van der Waals surface area contributed by atoms with Crippen LogP contribution in [0.4, 0.5) is 0 Å². The third-order valence-corrected chi connectivity index (χ3v) is 5.18. The fraction of sp³-hybridized carbons (Fsp3) is 0.261. The van der Waals surface area contributed by atoms with Crippen LogP contribution in [-0.4, -0.2) is 23.0 Å². The lowest BCUT2D eigenvalue weighted by Crippen LogP contribution is -2.32. The van der Waals surface area contributed by atoms with E-state index in [9.17, 15) is 9.59 Å². The van der Waals surface area contributed by atoms with E-state index >= 15 is 0 Å². The Morgan fingerprint density at radius 1 is 1.13 bits per heavy atom. The van der Waals surface area contributed by atoms with Gasteiger partial charge < -0.3 is 15.2 Å². The Morgan fingerprint density at radius 2 is 1.90 bits per heavy atom. The van der Waals surface area contributed by atoms with E-state index in [0.717, 1.165) is 12.0 Å². The maximum atomic E-state index is 12.9. The van der Waals surface area contributed by atoms with Gasteiger partial charge in [0.1, 0.15) is 17.0 Å². The number of aryl methyl sites for hydroxylation is 1. The Bertz CT molecular complexity index is 1060. The summed E-state index contributed by atoms with van der Waals surface area (Å²) >= 11 is 6.26. The van der Waals surface area contributed by atoms with Crippen LogP contribution in [0.3, 0.4) is 0 Å². The van der Waals surface area contributed by atoms with E-state index < -0.39 is 0 Å². The van der Waals surface area contributed by atoms with Gasteiger partial charge in [-0.25, -0.2) is 0 Å². The first-order chi connectivity index (χ1) is 14.4. The zero-order valence-electron chi connectivity index (χ0n) is 17.2. The van der Waals surface area contributed by atoms with Crippen molar-refractivity contribution in [1.82, 2.24) is 15.8 Å². The van der Waals surface area contributed by atoms with Crippen molar-refractivity contribution in [2.45, 2.75) is 39.8 Å². The standard InChI is InChI=1S/C23H24ClN3O3/c1-4-14(2)26-22(28)17-9-7-8-16(12-17)13-25-23(29)20-15(3)30-27-21(20)18-10-5-6-11-19(18)24/h5-12,14H,4,13H2,1-3H3,(H,25,29)(H,26,28). The van der Waals surface area contributed by atoms with Crippen LogP contribution < -0.4 is 10.6 Å². The third-order valence-electron chi connectivity index (χ3n) is 4.85. The second-order valence-electron chi connectivity index (χ2n) is 7.11. The molecule has 0 saturated carbocycles. The minimum absolute atomic E-state index is 0.0978. The number of hydrogen-bond donors (Lipinski definition) is 2. The summed E-state index contributed by atoms with van der Waals surface area (Å²) < 4.78 is 5.25. The van der Waals surface area contributed by atoms with Crippen molar-refractivity contribution in [3.05, 3.63) is 76.0 Å². The highest BCUT2D eigenvalue weighted by Gasteiger charge is 2.22. The Hall–Kier alpha value is -3.12. The molecule has 3 rings (SSSR count). The number of rotatable bonds is 7. The summed E-state index contributed by atoms with van der Waals surface area (Å²) in [6.07, 6.45) is 0.855. The van der Waals surface area contributed by atoms with Gasteiger partial charge in [-0.05, 0) is 44.0 Å². The lowest BCUT2D eigenvalue weighted by Gasteiger charge is -2.12. The van der Waals surface area contributed by atoms with Crippen LogP contribution in [0.2, 0.25) is 5.02 Å². The molecule has 2 amide bonds. The molecule has 0 spiro atoms. The second kappa shape index (κ2) is 9.59. The van der Waals surface area contributed by atoms with Gasteiger partial charge in [0.2, 0.25) is 0 Å². The van der Waals surface area contributed by atoms with Gasteiger partial charge in [0.15, 0.2) is 0 Å². The van der Waals surface area contributed by atoms with Crippen LogP contribution >= 0.6 is 11.6 Å². The number of nitrogens with one attached hydrogen (secondary N) is 2. The summed E-state index contributed by atoms with van der Waals surface area (Å²) in [5.74, 6) is -0.0457. The molecule has 1 aromatic heterocycles. The van der Waals surface area contributed by atoms with E-state index in [1.807, 2.05) is 32.0 Å². The van der Waals surface area contributed by atoms with Gasteiger partial charge in [-0.1, -0.05) is 54.0 Å². The van der Waals surface area contributed by atoms with Crippen LogP contribution in [-0.2, 0) is 6.54 Å². The zero-order valence-corrected chi connectivity index (χ0v) is 17.9. The molecule has 3 aromatic rings. The number of carbonyl (C=O) groups excluding carboxylic acids is 2. The fourth-order valence-electron chi connectivity index (χ4n) is 2.98. The highest BCUT2D eigenvalue weighted by Crippen LogP contribution is 2.30. The Morgan fingerprint density at radius 3 is 2.63 bits per heavy atom. The number of benzene rings is 2. The monoisotopic (exact) mass is 425 g/mol. The third kappa shape index (κ3) is 4.89. The van der Waals surface area contributed by atoms with Gasteiger partial charge in [-0.2, -0.15) is 0 Å². The average Bonchev–Trinajstić information content (AvgIpc) is 3.13. The first kappa shape index (κ1) is 21.6. The summed E-state index contributed by atoms with van der Waals surface area (Å²) in [7, 11) is 0. The first-order valence-corrected chi connectivity index (χ1v) is 10.2. The molecule has 1 atom stereocenters. The Kier molecular flexibility index (Phi) is 6.90. The minimum Gasteiger partial charge on any atom is -0.360 e. The Labute approximate surface area is 180 Å². The summed E-state index contributed by atoms with van der Waals surface area (Å²) in [5, 5.41) is 10.3. The van der Waals surface area contributed by atoms with E-state index in [0.29, 0.717) is 33.2 Å².